The van der Waals surface area contributed by atoms with Gasteiger partial charge >= 0.3 is 5.76 Å². The van der Waals surface area contributed by atoms with Crippen molar-refractivity contribution in [2.24, 2.45) is 5.73 Å². The lowest BCUT2D eigenvalue weighted by Crippen LogP contribution is -2.30. The summed E-state index contributed by atoms with van der Waals surface area (Å²) in [6.45, 7) is 1.99. The van der Waals surface area contributed by atoms with E-state index in [1.807, 2.05) is 12.1 Å². The SMILES string of the molecule is NC(=O)c1ccc(N2CCCCC2)c(NC(=O)CCn2c(=O)oc3ccccc32)c1. The molecule has 8 heteroatoms. The molecule has 2 amide bonds. The smallest absolute Gasteiger partial charge is 0.408 e. The van der Waals surface area contributed by atoms with Crippen molar-refractivity contribution in [2.45, 2.75) is 32.2 Å². The zero-order chi connectivity index (χ0) is 21.1. The Labute approximate surface area is 173 Å². The van der Waals surface area contributed by atoms with E-state index in [1.165, 1.54) is 11.0 Å². The molecule has 0 unspecified atom stereocenters. The highest BCUT2D eigenvalue weighted by molar-refractivity contribution is 5.99. The predicted octanol–water partition coefficient (Wildman–Crippen LogP) is 2.71. The fraction of sp³-hybridized carbons (Fsp3) is 0.318. The van der Waals surface area contributed by atoms with Crippen molar-refractivity contribution >= 4 is 34.3 Å². The molecular weight excluding hydrogens is 384 g/mol. The maximum atomic E-state index is 12.7. The van der Waals surface area contributed by atoms with E-state index in [0.29, 0.717) is 22.4 Å². The predicted molar refractivity (Wildman–Crippen MR) is 115 cm³/mol. The number of hydrogen-bond donors (Lipinski definition) is 2. The Morgan fingerprint density at radius 3 is 2.60 bits per heavy atom. The second-order valence-corrected chi connectivity index (χ2v) is 7.43. The minimum Gasteiger partial charge on any atom is -0.408 e. The first-order valence-electron chi connectivity index (χ1n) is 10.1. The monoisotopic (exact) mass is 408 g/mol. The number of primary amides is 1. The van der Waals surface area contributed by atoms with Crippen LogP contribution >= 0.6 is 0 Å². The van der Waals surface area contributed by atoms with Gasteiger partial charge in [-0.25, -0.2) is 4.79 Å². The highest BCUT2D eigenvalue weighted by Gasteiger charge is 2.18. The minimum absolute atomic E-state index is 0.0870. The van der Waals surface area contributed by atoms with Gasteiger partial charge in [-0.15, -0.1) is 0 Å². The van der Waals surface area contributed by atoms with Crippen LogP contribution in [0.4, 0.5) is 11.4 Å². The second-order valence-electron chi connectivity index (χ2n) is 7.43. The molecule has 8 nitrogen and oxygen atoms in total. The summed E-state index contributed by atoms with van der Waals surface area (Å²) in [6, 6.07) is 12.2. The lowest BCUT2D eigenvalue weighted by atomic mass is 10.1. The molecule has 0 aliphatic carbocycles. The number of anilines is 2. The molecule has 3 N–H and O–H groups in total. The van der Waals surface area contributed by atoms with E-state index in [0.717, 1.165) is 31.6 Å². The number of nitrogens with zero attached hydrogens (tertiary/aromatic N) is 2. The summed E-state index contributed by atoms with van der Waals surface area (Å²) in [4.78, 5) is 38.6. The van der Waals surface area contributed by atoms with E-state index in [1.54, 1.807) is 30.3 Å². The molecule has 2 heterocycles. The van der Waals surface area contributed by atoms with E-state index >= 15 is 0 Å². The van der Waals surface area contributed by atoms with Crippen molar-refractivity contribution in [2.75, 3.05) is 23.3 Å². The lowest BCUT2D eigenvalue weighted by molar-refractivity contribution is -0.116. The number of carbonyl (C=O) groups excluding carboxylic acids is 2. The number of rotatable bonds is 6. The zero-order valence-electron chi connectivity index (χ0n) is 16.6. The number of benzene rings is 2. The molecule has 1 aromatic heterocycles. The van der Waals surface area contributed by atoms with Gasteiger partial charge in [0.05, 0.1) is 16.9 Å². The Balaban J connectivity index is 1.52. The van der Waals surface area contributed by atoms with Gasteiger partial charge in [0.2, 0.25) is 11.8 Å². The van der Waals surface area contributed by atoms with Gasteiger partial charge in [-0.3, -0.25) is 14.2 Å². The van der Waals surface area contributed by atoms with E-state index in [-0.39, 0.29) is 18.9 Å². The number of oxazole rings is 1. The number of nitrogens with one attached hydrogen (secondary N) is 1. The van der Waals surface area contributed by atoms with E-state index in [2.05, 4.69) is 10.2 Å². The molecule has 156 valence electrons. The molecule has 2 aromatic carbocycles. The molecule has 1 aliphatic rings. The normalized spacial score (nSPS) is 14.1. The van der Waals surface area contributed by atoms with Crippen LogP contribution in [-0.4, -0.2) is 29.5 Å². The van der Waals surface area contributed by atoms with Gasteiger partial charge in [-0.2, -0.15) is 0 Å². The summed E-state index contributed by atoms with van der Waals surface area (Å²) in [5.41, 5.74) is 8.33. The number of para-hydroxylation sites is 2. The topological polar surface area (TPSA) is 111 Å². The number of nitrogens with two attached hydrogens (primary N) is 1. The van der Waals surface area contributed by atoms with Gasteiger partial charge in [0.1, 0.15) is 0 Å². The Morgan fingerprint density at radius 1 is 1.07 bits per heavy atom. The van der Waals surface area contributed by atoms with Crippen molar-refractivity contribution in [3.05, 3.63) is 58.6 Å². The molecule has 0 saturated carbocycles. The van der Waals surface area contributed by atoms with Gasteiger partial charge in [0.15, 0.2) is 5.58 Å². The van der Waals surface area contributed by atoms with Crippen LogP contribution in [0.1, 0.15) is 36.0 Å². The first kappa shape index (κ1) is 19.8. The largest absolute Gasteiger partial charge is 0.419 e. The van der Waals surface area contributed by atoms with E-state index < -0.39 is 11.7 Å². The van der Waals surface area contributed by atoms with Gasteiger partial charge in [-0.05, 0) is 49.6 Å². The van der Waals surface area contributed by atoms with Crippen LogP contribution in [0.2, 0.25) is 0 Å². The number of carbonyl (C=O) groups is 2. The molecule has 1 aliphatic heterocycles. The summed E-state index contributed by atoms with van der Waals surface area (Å²) in [7, 11) is 0. The lowest BCUT2D eigenvalue weighted by Gasteiger charge is -2.30. The fourth-order valence-electron chi connectivity index (χ4n) is 3.85. The van der Waals surface area contributed by atoms with Crippen molar-refractivity contribution in [1.29, 1.82) is 0 Å². The Kier molecular flexibility index (Phi) is 5.56. The molecular formula is C22H24N4O4. The number of amides is 2. The second kappa shape index (κ2) is 8.44. The fourth-order valence-corrected chi connectivity index (χ4v) is 3.85. The average Bonchev–Trinajstić information content (AvgIpc) is 3.07. The Hall–Kier alpha value is -3.55. The highest BCUT2D eigenvalue weighted by Crippen LogP contribution is 2.30. The van der Waals surface area contributed by atoms with Crippen LogP contribution in [-0.2, 0) is 11.3 Å². The number of aromatic nitrogens is 1. The third-order valence-electron chi connectivity index (χ3n) is 5.39. The highest BCUT2D eigenvalue weighted by atomic mass is 16.4. The molecule has 0 atom stereocenters. The van der Waals surface area contributed by atoms with Gasteiger partial charge < -0.3 is 20.4 Å². The number of piperidine rings is 1. The summed E-state index contributed by atoms with van der Waals surface area (Å²) in [5.74, 6) is -1.30. The minimum atomic E-state index is -0.549. The zero-order valence-corrected chi connectivity index (χ0v) is 16.6. The van der Waals surface area contributed by atoms with E-state index in [9.17, 15) is 14.4 Å². The van der Waals surface area contributed by atoms with Crippen molar-refractivity contribution in [3.63, 3.8) is 0 Å². The molecule has 1 saturated heterocycles. The molecule has 0 bridgehead atoms. The maximum absolute atomic E-state index is 12.7. The first-order chi connectivity index (χ1) is 14.5. The van der Waals surface area contributed by atoms with Crippen LogP contribution in [0.25, 0.3) is 11.1 Å². The van der Waals surface area contributed by atoms with Crippen LogP contribution in [0.5, 0.6) is 0 Å². The molecule has 0 spiro atoms. The molecule has 3 aromatic rings. The van der Waals surface area contributed by atoms with Gasteiger partial charge in [0, 0.05) is 31.6 Å². The summed E-state index contributed by atoms with van der Waals surface area (Å²) in [6.07, 6.45) is 3.44. The standard InChI is InChI=1S/C22H24N4O4/c23-21(28)15-8-9-17(25-11-4-1-5-12-25)16(14-15)24-20(27)10-13-26-18-6-2-3-7-19(18)30-22(26)29/h2-3,6-9,14H,1,4-5,10-13H2,(H2,23,28)(H,24,27). The van der Waals surface area contributed by atoms with Crippen molar-refractivity contribution in [1.82, 2.24) is 4.57 Å². The first-order valence-corrected chi connectivity index (χ1v) is 10.1. The summed E-state index contributed by atoms with van der Waals surface area (Å²) < 4.78 is 6.65. The quantitative estimate of drug-likeness (QED) is 0.652. The maximum Gasteiger partial charge on any atom is 0.419 e. The van der Waals surface area contributed by atoms with Crippen LogP contribution in [0, 0.1) is 0 Å². The summed E-state index contributed by atoms with van der Waals surface area (Å²) >= 11 is 0. The molecule has 4 rings (SSSR count). The third-order valence-corrected chi connectivity index (χ3v) is 5.39. The summed E-state index contributed by atoms with van der Waals surface area (Å²) in [5, 5.41) is 2.90. The van der Waals surface area contributed by atoms with Crippen molar-refractivity contribution < 1.29 is 14.0 Å². The van der Waals surface area contributed by atoms with Gasteiger partial charge in [0.25, 0.3) is 0 Å². The molecule has 0 radical (unpaired) electrons. The third kappa shape index (κ3) is 4.07. The Morgan fingerprint density at radius 2 is 1.83 bits per heavy atom. The number of fused-ring (bicyclic) bond motifs is 1. The van der Waals surface area contributed by atoms with Crippen LogP contribution in [0.15, 0.2) is 51.7 Å². The van der Waals surface area contributed by atoms with E-state index in [4.69, 9.17) is 10.2 Å². The molecule has 1 fully saturated rings. The van der Waals surface area contributed by atoms with Crippen LogP contribution < -0.4 is 21.7 Å². The molecule has 30 heavy (non-hydrogen) atoms. The number of aryl methyl sites for hydroxylation is 1. The number of hydrogen-bond acceptors (Lipinski definition) is 5. The van der Waals surface area contributed by atoms with Crippen LogP contribution in [0.3, 0.4) is 0 Å². The average molecular weight is 408 g/mol. The Bertz CT molecular complexity index is 1140. The van der Waals surface area contributed by atoms with Gasteiger partial charge in [-0.1, -0.05) is 12.1 Å². The van der Waals surface area contributed by atoms with Crippen molar-refractivity contribution in [3.8, 4) is 0 Å².